The summed E-state index contributed by atoms with van der Waals surface area (Å²) in [6, 6.07) is 13.5. The molecule has 8 nitrogen and oxygen atoms in total. The molecule has 0 atom stereocenters. The summed E-state index contributed by atoms with van der Waals surface area (Å²) in [5, 5.41) is 11.9. The molecule has 33 heavy (non-hydrogen) atoms. The van der Waals surface area contributed by atoms with Crippen LogP contribution >= 0.6 is 11.6 Å². The summed E-state index contributed by atoms with van der Waals surface area (Å²) in [7, 11) is 0. The number of nitrogens with one attached hydrogen (secondary N) is 1. The van der Waals surface area contributed by atoms with Crippen molar-refractivity contribution in [1.29, 1.82) is 0 Å². The van der Waals surface area contributed by atoms with E-state index in [1.54, 1.807) is 31.2 Å². The lowest BCUT2D eigenvalue weighted by molar-refractivity contribution is -0.122. The molecule has 4 rings (SSSR count). The van der Waals surface area contributed by atoms with Gasteiger partial charge in [0, 0.05) is 22.1 Å². The molecule has 9 heteroatoms. The van der Waals surface area contributed by atoms with Crippen molar-refractivity contribution in [3.8, 4) is 5.69 Å². The van der Waals surface area contributed by atoms with Crippen molar-refractivity contribution in [1.82, 2.24) is 9.88 Å². The topological polar surface area (TPSA) is 109 Å². The van der Waals surface area contributed by atoms with Gasteiger partial charge in [-0.1, -0.05) is 17.7 Å². The Morgan fingerprint density at radius 3 is 2.36 bits per heavy atom. The Hall–Kier alpha value is -4.17. The van der Waals surface area contributed by atoms with E-state index in [0.29, 0.717) is 22.0 Å². The van der Waals surface area contributed by atoms with Crippen molar-refractivity contribution in [2.24, 2.45) is 0 Å². The minimum absolute atomic E-state index is 0.138. The van der Waals surface area contributed by atoms with Crippen molar-refractivity contribution < 1.29 is 24.3 Å². The number of carbonyl (C=O) groups is 4. The molecule has 2 N–H and O–H groups in total. The number of hydrogen-bond donors (Lipinski definition) is 2. The van der Waals surface area contributed by atoms with Crippen LogP contribution in [0.15, 0.2) is 60.2 Å². The second-order valence-electron chi connectivity index (χ2n) is 7.45. The third-order valence-corrected chi connectivity index (χ3v) is 5.56. The van der Waals surface area contributed by atoms with Crippen LogP contribution in [0.4, 0.5) is 10.5 Å². The Balaban J connectivity index is 1.76. The first-order chi connectivity index (χ1) is 15.7. The van der Waals surface area contributed by atoms with E-state index in [4.69, 9.17) is 11.6 Å². The van der Waals surface area contributed by atoms with Gasteiger partial charge in [-0.25, -0.2) is 14.5 Å². The number of hydrogen-bond acceptors (Lipinski definition) is 4. The number of benzene rings is 2. The lowest BCUT2D eigenvalue weighted by Gasteiger charge is -2.26. The third-order valence-electron chi connectivity index (χ3n) is 5.31. The molecule has 0 aliphatic carbocycles. The second-order valence-corrected chi connectivity index (χ2v) is 7.89. The van der Waals surface area contributed by atoms with Gasteiger partial charge in [-0.3, -0.25) is 14.9 Å². The van der Waals surface area contributed by atoms with E-state index in [0.717, 1.165) is 10.6 Å². The summed E-state index contributed by atoms with van der Waals surface area (Å²) in [4.78, 5) is 50.2. The van der Waals surface area contributed by atoms with Gasteiger partial charge in [0.1, 0.15) is 5.57 Å². The van der Waals surface area contributed by atoms with Crippen LogP contribution in [0, 0.1) is 13.8 Å². The van der Waals surface area contributed by atoms with Crippen LogP contribution in [0.1, 0.15) is 27.3 Å². The molecule has 3 aromatic rings. The first-order valence-electron chi connectivity index (χ1n) is 9.87. The molecule has 1 aliphatic rings. The summed E-state index contributed by atoms with van der Waals surface area (Å²) in [5.41, 5.74) is 2.89. The zero-order valence-corrected chi connectivity index (χ0v) is 18.4. The third kappa shape index (κ3) is 4.04. The molecule has 0 unspecified atom stereocenters. The van der Waals surface area contributed by atoms with Crippen LogP contribution in [-0.2, 0) is 9.59 Å². The predicted molar refractivity (Wildman–Crippen MR) is 123 cm³/mol. The van der Waals surface area contributed by atoms with Crippen molar-refractivity contribution in [3.63, 3.8) is 0 Å². The zero-order chi connectivity index (χ0) is 23.9. The highest BCUT2D eigenvalue weighted by Gasteiger charge is 2.37. The normalized spacial score (nSPS) is 15.2. The Morgan fingerprint density at radius 2 is 1.70 bits per heavy atom. The Morgan fingerprint density at radius 1 is 1.00 bits per heavy atom. The summed E-state index contributed by atoms with van der Waals surface area (Å²) < 4.78 is 1.83. The molecule has 1 aliphatic heterocycles. The van der Waals surface area contributed by atoms with Gasteiger partial charge in [-0.2, -0.15) is 0 Å². The Labute approximate surface area is 193 Å². The Kier molecular flexibility index (Phi) is 5.61. The molecule has 166 valence electrons. The van der Waals surface area contributed by atoms with E-state index in [9.17, 15) is 24.3 Å². The van der Waals surface area contributed by atoms with Crippen molar-refractivity contribution in [2.75, 3.05) is 4.90 Å². The fraction of sp³-hybridized carbons (Fsp3) is 0.0833. The van der Waals surface area contributed by atoms with E-state index in [2.05, 4.69) is 5.32 Å². The first kappa shape index (κ1) is 22.0. The molecule has 0 spiro atoms. The fourth-order valence-corrected chi connectivity index (χ4v) is 3.87. The van der Waals surface area contributed by atoms with E-state index in [1.165, 1.54) is 36.4 Å². The van der Waals surface area contributed by atoms with Crippen molar-refractivity contribution >= 4 is 47.2 Å². The molecular weight excluding hydrogens is 446 g/mol. The number of nitrogens with zero attached hydrogens (tertiary/aromatic N) is 2. The maximum absolute atomic E-state index is 13.1. The summed E-state index contributed by atoms with van der Waals surface area (Å²) >= 11 is 5.89. The SMILES string of the molecule is Cc1cc(/C=C2\C(=O)NC(=O)N(c3ccc(Cl)cc3)C2=O)c(C)n1-c1cccc(C(=O)O)c1. The summed E-state index contributed by atoms with van der Waals surface area (Å²) in [6.07, 6.45) is 1.42. The number of rotatable bonds is 4. The summed E-state index contributed by atoms with van der Waals surface area (Å²) in [5.74, 6) is -2.60. The van der Waals surface area contributed by atoms with Crippen LogP contribution in [0.25, 0.3) is 11.8 Å². The van der Waals surface area contributed by atoms with Gasteiger partial charge < -0.3 is 9.67 Å². The number of urea groups is 1. The van der Waals surface area contributed by atoms with Gasteiger partial charge in [0.2, 0.25) is 0 Å². The van der Waals surface area contributed by atoms with Gasteiger partial charge >= 0.3 is 12.0 Å². The van der Waals surface area contributed by atoms with Crippen LogP contribution in [0.3, 0.4) is 0 Å². The number of halogens is 1. The highest BCUT2D eigenvalue weighted by atomic mass is 35.5. The predicted octanol–water partition coefficient (Wildman–Crippen LogP) is 4.11. The van der Waals surface area contributed by atoms with E-state index in [-0.39, 0.29) is 16.8 Å². The van der Waals surface area contributed by atoms with Gasteiger partial charge in [0.05, 0.1) is 11.3 Å². The molecule has 0 saturated carbocycles. The molecule has 0 bridgehead atoms. The number of aromatic carboxylic acids is 1. The van der Waals surface area contributed by atoms with Crippen LogP contribution < -0.4 is 10.2 Å². The largest absolute Gasteiger partial charge is 0.478 e. The maximum atomic E-state index is 13.1. The number of imide groups is 2. The second kappa shape index (κ2) is 8.40. The number of aromatic nitrogens is 1. The smallest absolute Gasteiger partial charge is 0.335 e. The highest BCUT2D eigenvalue weighted by molar-refractivity contribution is 6.39. The number of anilines is 1. The number of carbonyl (C=O) groups excluding carboxylic acids is 3. The minimum Gasteiger partial charge on any atom is -0.478 e. The lowest BCUT2D eigenvalue weighted by Crippen LogP contribution is -2.54. The standard InChI is InChI=1S/C24H18ClN3O5/c1-13-10-16(14(2)27(13)19-5-3-4-15(11-19)23(31)32)12-20-21(29)26-24(33)28(22(20)30)18-8-6-17(25)7-9-18/h3-12H,1-2H3,(H,31,32)(H,26,29,33)/b20-12+. The molecule has 1 saturated heterocycles. The maximum Gasteiger partial charge on any atom is 0.335 e. The molecular formula is C24H18ClN3O5. The van der Waals surface area contributed by atoms with E-state index >= 15 is 0 Å². The fourth-order valence-electron chi connectivity index (χ4n) is 3.75. The van der Waals surface area contributed by atoms with Crippen molar-refractivity contribution in [3.05, 3.63) is 87.7 Å². The quantitative estimate of drug-likeness (QED) is 0.447. The molecule has 2 heterocycles. The number of barbiturate groups is 1. The zero-order valence-electron chi connectivity index (χ0n) is 17.6. The number of amides is 4. The summed E-state index contributed by atoms with van der Waals surface area (Å²) in [6.45, 7) is 3.62. The average Bonchev–Trinajstić information content (AvgIpc) is 3.05. The monoisotopic (exact) mass is 463 g/mol. The Bertz CT molecular complexity index is 1350. The average molecular weight is 464 g/mol. The van der Waals surface area contributed by atoms with Gasteiger partial charge in [-0.05, 0) is 74.0 Å². The molecule has 4 amide bonds. The lowest BCUT2D eigenvalue weighted by atomic mass is 10.1. The van der Waals surface area contributed by atoms with Crippen molar-refractivity contribution in [2.45, 2.75) is 13.8 Å². The van der Waals surface area contributed by atoms with Gasteiger partial charge in [0.15, 0.2) is 0 Å². The van der Waals surface area contributed by atoms with Crippen LogP contribution in [0.5, 0.6) is 0 Å². The number of carboxylic acid groups (broad SMARTS) is 1. The van der Waals surface area contributed by atoms with E-state index in [1.807, 2.05) is 11.5 Å². The minimum atomic E-state index is -1.04. The van der Waals surface area contributed by atoms with Gasteiger partial charge in [-0.15, -0.1) is 0 Å². The first-order valence-corrected chi connectivity index (χ1v) is 10.2. The van der Waals surface area contributed by atoms with Crippen LogP contribution in [-0.4, -0.2) is 33.5 Å². The number of carboxylic acids is 1. The molecule has 2 aromatic carbocycles. The van der Waals surface area contributed by atoms with Crippen LogP contribution in [0.2, 0.25) is 5.02 Å². The van der Waals surface area contributed by atoms with Gasteiger partial charge in [0.25, 0.3) is 11.8 Å². The number of aryl methyl sites for hydroxylation is 1. The van der Waals surface area contributed by atoms with E-state index < -0.39 is 23.8 Å². The molecule has 1 aromatic heterocycles. The molecule has 0 radical (unpaired) electrons. The molecule has 1 fully saturated rings. The highest BCUT2D eigenvalue weighted by Crippen LogP contribution is 2.27.